The molecule has 0 aliphatic rings. The number of hydrogen-bond acceptors (Lipinski definition) is 3. The Kier molecular flexibility index (Phi) is 2.58. The zero-order chi connectivity index (χ0) is 8.97. The summed E-state index contributed by atoms with van der Waals surface area (Å²) in [6.45, 7) is 5.43. The zero-order valence-corrected chi connectivity index (χ0v) is 6.99. The molecular formula is C9H11N3. The molecule has 0 saturated heterocycles. The molecule has 0 aliphatic heterocycles. The molecule has 1 aromatic heterocycles. The maximum absolute atomic E-state index is 5.51. The molecule has 0 amide bonds. The summed E-state index contributed by atoms with van der Waals surface area (Å²) in [4.78, 5) is 8.17. The minimum atomic E-state index is 0.707. The molecule has 3 nitrogen and oxygen atoms in total. The van der Waals surface area contributed by atoms with Crippen molar-refractivity contribution in [2.45, 2.75) is 6.92 Å². The van der Waals surface area contributed by atoms with E-state index in [0.717, 1.165) is 11.4 Å². The van der Waals surface area contributed by atoms with Gasteiger partial charge in [0.1, 0.15) is 0 Å². The fourth-order valence-electron chi connectivity index (χ4n) is 0.844. The maximum atomic E-state index is 5.51. The first kappa shape index (κ1) is 8.46. The predicted molar refractivity (Wildman–Crippen MR) is 50.0 cm³/mol. The first-order valence-electron chi connectivity index (χ1n) is 3.61. The Morgan fingerprint density at radius 2 is 2.00 bits per heavy atom. The second kappa shape index (κ2) is 3.67. The molecule has 1 heterocycles. The highest BCUT2D eigenvalue weighted by Gasteiger charge is 1.96. The van der Waals surface area contributed by atoms with Crippen LogP contribution in [0.15, 0.2) is 24.7 Å². The summed E-state index contributed by atoms with van der Waals surface area (Å²) in [5.41, 5.74) is 7.72. The van der Waals surface area contributed by atoms with Crippen molar-refractivity contribution in [2.24, 2.45) is 5.73 Å². The van der Waals surface area contributed by atoms with Gasteiger partial charge in [-0.15, -0.1) is 0 Å². The zero-order valence-electron chi connectivity index (χ0n) is 6.99. The quantitative estimate of drug-likeness (QED) is 0.714. The number of hydrogen-bond donors (Lipinski definition) is 1. The SMILES string of the molecule is C=Cc1nccnc1/C=C(\C)N. The maximum Gasteiger partial charge on any atom is 0.0903 e. The van der Waals surface area contributed by atoms with E-state index >= 15 is 0 Å². The van der Waals surface area contributed by atoms with Crippen molar-refractivity contribution in [3.63, 3.8) is 0 Å². The summed E-state index contributed by atoms with van der Waals surface area (Å²) < 4.78 is 0. The molecule has 0 aliphatic carbocycles. The molecule has 0 saturated carbocycles. The fourth-order valence-corrected chi connectivity index (χ4v) is 0.844. The van der Waals surface area contributed by atoms with E-state index in [1.807, 2.05) is 6.92 Å². The monoisotopic (exact) mass is 161 g/mol. The number of nitrogens with zero attached hydrogens (tertiary/aromatic N) is 2. The lowest BCUT2D eigenvalue weighted by molar-refractivity contribution is 1.15. The third-order valence-electron chi connectivity index (χ3n) is 1.31. The van der Waals surface area contributed by atoms with Gasteiger partial charge < -0.3 is 5.73 Å². The Labute approximate surface area is 71.7 Å². The van der Waals surface area contributed by atoms with Crippen molar-refractivity contribution in [3.05, 3.63) is 36.1 Å². The average Bonchev–Trinajstić information content (AvgIpc) is 2.04. The van der Waals surface area contributed by atoms with Gasteiger partial charge in [-0.2, -0.15) is 0 Å². The molecule has 0 spiro atoms. The van der Waals surface area contributed by atoms with E-state index in [1.54, 1.807) is 24.5 Å². The van der Waals surface area contributed by atoms with Crippen molar-refractivity contribution in [1.29, 1.82) is 0 Å². The van der Waals surface area contributed by atoms with Gasteiger partial charge in [-0.3, -0.25) is 9.97 Å². The summed E-state index contributed by atoms with van der Waals surface area (Å²) in [6.07, 6.45) is 6.67. The van der Waals surface area contributed by atoms with Crippen molar-refractivity contribution in [3.8, 4) is 0 Å². The highest BCUT2D eigenvalue weighted by atomic mass is 14.8. The van der Waals surface area contributed by atoms with Crippen molar-refractivity contribution in [2.75, 3.05) is 0 Å². The molecular weight excluding hydrogens is 150 g/mol. The van der Waals surface area contributed by atoms with E-state index in [-0.39, 0.29) is 0 Å². The lowest BCUT2D eigenvalue weighted by Gasteiger charge is -1.97. The summed E-state index contributed by atoms with van der Waals surface area (Å²) >= 11 is 0. The van der Waals surface area contributed by atoms with Gasteiger partial charge in [0, 0.05) is 18.1 Å². The van der Waals surface area contributed by atoms with Crippen molar-refractivity contribution in [1.82, 2.24) is 9.97 Å². The lowest BCUT2D eigenvalue weighted by atomic mass is 10.2. The molecule has 0 unspecified atom stereocenters. The molecule has 0 bridgehead atoms. The highest BCUT2D eigenvalue weighted by Crippen LogP contribution is 2.05. The third kappa shape index (κ3) is 1.92. The van der Waals surface area contributed by atoms with Gasteiger partial charge in [-0.1, -0.05) is 6.58 Å². The molecule has 12 heavy (non-hydrogen) atoms. The minimum absolute atomic E-state index is 0.707. The van der Waals surface area contributed by atoms with Crippen LogP contribution in [0.1, 0.15) is 18.3 Å². The lowest BCUT2D eigenvalue weighted by Crippen LogP contribution is -1.94. The highest BCUT2D eigenvalue weighted by molar-refractivity contribution is 5.58. The van der Waals surface area contributed by atoms with Crippen molar-refractivity contribution >= 4 is 12.2 Å². The molecule has 1 aromatic rings. The Morgan fingerprint density at radius 1 is 1.42 bits per heavy atom. The normalized spacial score (nSPS) is 11.2. The van der Waals surface area contributed by atoms with Crippen LogP contribution in [0.5, 0.6) is 0 Å². The molecule has 1 rings (SSSR count). The standard InChI is InChI=1S/C9H11N3/c1-3-8-9(6-7(2)10)12-5-4-11-8/h3-6H,1,10H2,2H3/b7-6+. The Balaban J connectivity index is 3.14. The van der Waals surface area contributed by atoms with Gasteiger partial charge >= 0.3 is 0 Å². The Hall–Kier alpha value is -1.64. The first-order chi connectivity index (χ1) is 5.74. The van der Waals surface area contributed by atoms with E-state index < -0.39 is 0 Å². The van der Waals surface area contributed by atoms with Crippen LogP contribution in [-0.4, -0.2) is 9.97 Å². The van der Waals surface area contributed by atoms with Gasteiger partial charge in [-0.05, 0) is 19.1 Å². The van der Waals surface area contributed by atoms with E-state index in [9.17, 15) is 0 Å². The van der Waals surface area contributed by atoms with Gasteiger partial charge in [0.15, 0.2) is 0 Å². The third-order valence-corrected chi connectivity index (χ3v) is 1.31. The minimum Gasteiger partial charge on any atom is -0.402 e. The second-order valence-electron chi connectivity index (χ2n) is 2.42. The molecule has 0 radical (unpaired) electrons. The summed E-state index contributed by atoms with van der Waals surface area (Å²) in [5.74, 6) is 0. The first-order valence-corrected chi connectivity index (χ1v) is 3.61. The van der Waals surface area contributed by atoms with Gasteiger partial charge in [-0.25, -0.2) is 0 Å². The smallest absolute Gasteiger partial charge is 0.0903 e. The molecule has 2 N–H and O–H groups in total. The van der Waals surface area contributed by atoms with Gasteiger partial charge in [0.05, 0.1) is 11.4 Å². The fraction of sp³-hybridized carbons (Fsp3) is 0.111. The van der Waals surface area contributed by atoms with Crippen LogP contribution < -0.4 is 5.73 Å². The Bertz CT molecular complexity index is 311. The van der Waals surface area contributed by atoms with Crippen molar-refractivity contribution < 1.29 is 0 Å². The van der Waals surface area contributed by atoms with Crippen LogP contribution in [0.4, 0.5) is 0 Å². The van der Waals surface area contributed by atoms with Crippen LogP contribution in [-0.2, 0) is 0 Å². The largest absolute Gasteiger partial charge is 0.402 e. The molecule has 3 heteroatoms. The van der Waals surface area contributed by atoms with Crippen LogP contribution >= 0.6 is 0 Å². The summed E-state index contributed by atoms with van der Waals surface area (Å²) in [5, 5.41) is 0. The number of allylic oxidation sites excluding steroid dienone is 1. The van der Waals surface area contributed by atoms with Crippen LogP contribution in [0.2, 0.25) is 0 Å². The van der Waals surface area contributed by atoms with E-state index in [4.69, 9.17) is 5.73 Å². The number of nitrogens with two attached hydrogens (primary N) is 1. The topological polar surface area (TPSA) is 51.8 Å². The molecule has 0 atom stereocenters. The number of aromatic nitrogens is 2. The molecule has 62 valence electrons. The van der Waals surface area contributed by atoms with E-state index in [1.165, 1.54) is 0 Å². The van der Waals surface area contributed by atoms with Crippen LogP contribution in [0, 0.1) is 0 Å². The average molecular weight is 161 g/mol. The van der Waals surface area contributed by atoms with Gasteiger partial charge in [0.25, 0.3) is 0 Å². The predicted octanol–water partition coefficient (Wildman–Crippen LogP) is 1.44. The number of rotatable bonds is 2. The van der Waals surface area contributed by atoms with E-state index in [0.29, 0.717) is 5.70 Å². The van der Waals surface area contributed by atoms with Crippen LogP contribution in [0.3, 0.4) is 0 Å². The summed E-state index contributed by atoms with van der Waals surface area (Å²) in [6, 6.07) is 0. The van der Waals surface area contributed by atoms with Gasteiger partial charge in [0.2, 0.25) is 0 Å². The Morgan fingerprint density at radius 3 is 2.50 bits per heavy atom. The molecule has 0 aromatic carbocycles. The molecule has 0 fully saturated rings. The summed E-state index contributed by atoms with van der Waals surface area (Å²) in [7, 11) is 0. The second-order valence-corrected chi connectivity index (χ2v) is 2.42. The van der Waals surface area contributed by atoms with E-state index in [2.05, 4.69) is 16.5 Å². The van der Waals surface area contributed by atoms with Crippen LogP contribution in [0.25, 0.3) is 12.2 Å².